The van der Waals surface area contributed by atoms with E-state index in [-0.39, 0.29) is 0 Å². The maximum atomic E-state index is 10.5. The molecule has 0 aromatic heterocycles. The fraction of sp³-hybridized carbons (Fsp3) is 0. The van der Waals surface area contributed by atoms with Gasteiger partial charge in [-0.05, 0) is 0 Å². The molecule has 7 nitrogen and oxygen atoms in total. The van der Waals surface area contributed by atoms with Gasteiger partial charge in [0.05, 0.1) is 5.56 Å². The molecule has 7 heteroatoms. The first kappa shape index (κ1) is 9.93. The summed E-state index contributed by atoms with van der Waals surface area (Å²) >= 11 is 0. The lowest BCUT2D eigenvalue weighted by molar-refractivity contribution is 0.0696. The van der Waals surface area contributed by atoms with Crippen molar-refractivity contribution in [2.75, 3.05) is 5.48 Å². The van der Waals surface area contributed by atoms with E-state index in [0.29, 0.717) is 6.07 Å². The molecule has 0 unspecified atom stereocenters. The van der Waals surface area contributed by atoms with Crippen LogP contribution in [0.2, 0.25) is 0 Å². The van der Waals surface area contributed by atoms with E-state index in [0.717, 1.165) is 0 Å². The lowest BCUT2D eigenvalue weighted by Gasteiger charge is -2.09. The number of anilines is 1. The standard InChI is InChI=1S/C7H7NO6/c9-3-1-2(7(12)13)4(8-14)6(11)5(3)10/h1,8-11,14H,(H,12,13). The van der Waals surface area contributed by atoms with Gasteiger partial charge in [0.25, 0.3) is 0 Å². The van der Waals surface area contributed by atoms with Crippen LogP contribution in [-0.4, -0.2) is 31.6 Å². The maximum absolute atomic E-state index is 10.5. The molecule has 0 heterocycles. The maximum Gasteiger partial charge on any atom is 0.338 e. The second-order valence-corrected chi connectivity index (χ2v) is 2.43. The molecule has 1 rings (SSSR count). The molecular formula is C7H7NO6. The van der Waals surface area contributed by atoms with Crippen LogP contribution in [0.1, 0.15) is 10.4 Å². The highest BCUT2D eigenvalue weighted by Gasteiger charge is 2.20. The van der Waals surface area contributed by atoms with Crippen LogP contribution in [0.4, 0.5) is 5.69 Å². The average molecular weight is 201 g/mol. The van der Waals surface area contributed by atoms with Crippen molar-refractivity contribution < 1.29 is 30.4 Å². The Morgan fingerprint density at radius 2 is 1.79 bits per heavy atom. The van der Waals surface area contributed by atoms with Crippen LogP contribution >= 0.6 is 0 Å². The van der Waals surface area contributed by atoms with E-state index in [1.54, 1.807) is 0 Å². The molecule has 76 valence electrons. The van der Waals surface area contributed by atoms with Gasteiger partial charge < -0.3 is 20.4 Å². The normalized spacial score (nSPS) is 9.79. The molecule has 0 atom stereocenters. The summed E-state index contributed by atoms with van der Waals surface area (Å²) in [6.45, 7) is 0. The number of phenols is 3. The van der Waals surface area contributed by atoms with Crippen LogP contribution in [0.5, 0.6) is 17.2 Å². The largest absolute Gasteiger partial charge is 0.504 e. The smallest absolute Gasteiger partial charge is 0.338 e. The Morgan fingerprint density at radius 3 is 2.21 bits per heavy atom. The Kier molecular flexibility index (Phi) is 2.34. The lowest BCUT2D eigenvalue weighted by atomic mass is 10.1. The van der Waals surface area contributed by atoms with E-state index in [4.69, 9.17) is 25.6 Å². The fourth-order valence-electron chi connectivity index (χ4n) is 0.926. The highest BCUT2D eigenvalue weighted by molar-refractivity contribution is 5.97. The van der Waals surface area contributed by atoms with Crippen LogP contribution in [0, 0.1) is 0 Å². The summed E-state index contributed by atoms with van der Waals surface area (Å²) in [4.78, 5) is 10.5. The number of carbonyl (C=O) groups is 1. The molecule has 0 aliphatic rings. The lowest BCUT2D eigenvalue weighted by Crippen LogP contribution is -2.03. The van der Waals surface area contributed by atoms with Gasteiger partial charge in [0, 0.05) is 6.07 Å². The van der Waals surface area contributed by atoms with E-state index < -0.39 is 34.5 Å². The molecule has 0 saturated carbocycles. The summed E-state index contributed by atoms with van der Waals surface area (Å²) in [6.07, 6.45) is 0. The number of hydrogen-bond donors (Lipinski definition) is 6. The summed E-state index contributed by atoms with van der Waals surface area (Å²) in [6, 6.07) is 0.690. The first-order valence-corrected chi connectivity index (χ1v) is 3.40. The van der Waals surface area contributed by atoms with Gasteiger partial charge in [-0.2, -0.15) is 0 Å². The van der Waals surface area contributed by atoms with Crippen molar-refractivity contribution in [1.29, 1.82) is 0 Å². The molecule has 1 aromatic rings. The third-order valence-corrected chi connectivity index (χ3v) is 1.60. The molecule has 0 fully saturated rings. The van der Waals surface area contributed by atoms with Crippen molar-refractivity contribution in [3.63, 3.8) is 0 Å². The zero-order valence-corrected chi connectivity index (χ0v) is 6.72. The van der Waals surface area contributed by atoms with E-state index in [1.807, 2.05) is 0 Å². The topological polar surface area (TPSA) is 130 Å². The number of aromatic hydroxyl groups is 3. The molecule has 0 radical (unpaired) electrons. The Hall–Kier alpha value is -2.15. The summed E-state index contributed by atoms with van der Waals surface area (Å²) < 4.78 is 0. The summed E-state index contributed by atoms with van der Waals surface area (Å²) in [7, 11) is 0. The predicted molar refractivity (Wildman–Crippen MR) is 43.8 cm³/mol. The zero-order valence-electron chi connectivity index (χ0n) is 6.72. The van der Waals surface area contributed by atoms with Crippen molar-refractivity contribution in [1.82, 2.24) is 0 Å². The number of carboxylic acid groups (broad SMARTS) is 1. The number of aromatic carboxylic acids is 1. The predicted octanol–water partition coefficient (Wildman–Crippen LogP) is 0.303. The molecule has 0 aliphatic heterocycles. The molecular weight excluding hydrogens is 194 g/mol. The second kappa shape index (κ2) is 3.30. The minimum absolute atomic E-state index is 0.569. The van der Waals surface area contributed by atoms with Crippen molar-refractivity contribution >= 4 is 11.7 Å². The number of nitrogens with one attached hydrogen (secondary N) is 1. The molecule has 0 saturated heterocycles. The Labute approximate surface area is 77.4 Å². The Bertz CT molecular complexity index is 388. The van der Waals surface area contributed by atoms with Gasteiger partial charge in [0.2, 0.25) is 5.75 Å². The number of benzene rings is 1. The molecule has 0 bridgehead atoms. The number of hydrogen-bond acceptors (Lipinski definition) is 6. The number of rotatable bonds is 2. The highest BCUT2D eigenvalue weighted by atomic mass is 16.5. The first-order valence-electron chi connectivity index (χ1n) is 3.40. The van der Waals surface area contributed by atoms with Gasteiger partial charge >= 0.3 is 5.97 Å². The fourth-order valence-corrected chi connectivity index (χ4v) is 0.926. The van der Waals surface area contributed by atoms with Gasteiger partial charge in [0.1, 0.15) is 5.69 Å². The third-order valence-electron chi connectivity index (χ3n) is 1.60. The molecule has 1 aromatic carbocycles. The van der Waals surface area contributed by atoms with E-state index in [9.17, 15) is 4.79 Å². The third kappa shape index (κ3) is 1.36. The van der Waals surface area contributed by atoms with E-state index >= 15 is 0 Å². The summed E-state index contributed by atoms with van der Waals surface area (Å²) in [5.74, 6) is -4.12. The van der Waals surface area contributed by atoms with Crippen LogP contribution in [0.15, 0.2) is 6.07 Å². The molecule has 6 N–H and O–H groups in total. The highest BCUT2D eigenvalue weighted by Crippen LogP contribution is 2.42. The number of carboxylic acids is 1. The minimum Gasteiger partial charge on any atom is -0.504 e. The second-order valence-electron chi connectivity index (χ2n) is 2.43. The molecule has 14 heavy (non-hydrogen) atoms. The molecule has 0 spiro atoms. The van der Waals surface area contributed by atoms with E-state index in [1.165, 1.54) is 5.48 Å². The van der Waals surface area contributed by atoms with Gasteiger partial charge in [-0.3, -0.25) is 10.7 Å². The quantitative estimate of drug-likeness (QED) is 0.230. The Morgan fingerprint density at radius 1 is 1.21 bits per heavy atom. The molecule has 0 aliphatic carbocycles. The van der Waals surface area contributed by atoms with Gasteiger partial charge in [0.15, 0.2) is 11.5 Å². The van der Waals surface area contributed by atoms with Gasteiger partial charge in [-0.1, -0.05) is 0 Å². The monoisotopic (exact) mass is 201 g/mol. The van der Waals surface area contributed by atoms with Gasteiger partial charge in [-0.25, -0.2) is 4.79 Å². The van der Waals surface area contributed by atoms with Crippen molar-refractivity contribution in [2.45, 2.75) is 0 Å². The first-order chi connectivity index (χ1) is 6.49. The Balaban J connectivity index is 3.51. The van der Waals surface area contributed by atoms with Crippen LogP contribution < -0.4 is 5.48 Å². The average Bonchev–Trinajstić information content (AvgIpc) is 2.13. The molecule has 0 amide bonds. The summed E-state index contributed by atoms with van der Waals surface area (Å²) in [5.41, 5.74) is 0.252. The van der Waals surface area contributed by atoms with Crippen LogP contribution in [0.3, 0.4) is 0 Å². The van der Waals surface area contributed by atoms with Crippen molar-refractivity contribution in [3.05, 3.63) is 11.6 Å². The van der Waals surface area contributed by atoms with Crippen molar-refractivity contribution in [3.8, 4) is 17.2 Å². The zero-order chi connectivity index (χ0) is 10.9. The summed E-state index contributed by atoms with van der Waals surface area (Å²) in [5, 5.41) is 44.1. The van der Waals surface area contributed by atoms with Crippen molar-refractivity contribution in [2.24, 2.45) is 0 Å². The van der Waals surface area contributed by atoms with Crippen LogP contribution in [-0.2, 0) is 0 Å². The van der Waals surface area contributed by atoms with Gasteiger partial charge in [-0.15, -0.1) is 0 Å². The number of phenolic OH excluding ortho intramolecular Hbond substituents is 3. The van der Waals surface area contributed by atoms with E-state index in [2.05, 4.69) is 0 Å². The SMILES string of the molecule is O=C(O)c1cc(O)c(O)c(O)c1NO. The van der Waals surface area contributed by atoms with Crippen LogP contribution in [0.25, 0.3) is 0 Å². The minimum atomic E-state index is -1.48.